The third-order valence-electron chi connectivity index (χ3n) is 5.72. The van der Waals surface area contributed by atoms with Crippen molar-refractivity contribution in [3.8, 4) is 22.8 Å². The Morgan fingerprint density at radius 2 is 1.77 bits per heavy atom. The average Bonchev–Trinajstić information content (AvgIpc) is 3.34. The lowest BCUT2D eigenvalue weighted by Crippen LogP contribution is -2.18. The second kappa shape index (κ2) is 9.72. The van der Waals surface area contributed by atoms with Crippen molar-refractivity contribution in [2.45, 2.75) is 19.4 Å². The van der Waals surface area contributed by atoms with Gasteiger partial charge in [0.1, 0.15) is 18.0 Å². The maximum atomic E-state index is 12.6. The lowest BCUT2D eigenvalue weighted by atomic mass is 9.95. The summed E-state index contributed by atoms with van der Waals surface area (Å²) in [5.74, 6) is 0.964. The van der Waals surface area contributed by atoms with Gasteiger partial charge in [-0.05, 0) is 17.2 Å². The van der Waals surface area contributed by atoms with Gasteiger partial charge in [0.15, 0.2) is 11.6 Å². The normalized spacial score (nSPS) is 11.8. The highest BCUT2D eigenvalue weighted by molar-refractivity contribution is 5.57. The number of ether oxygens (including phenoxy) is 1. The topological polar surface area (TPSA) is 87.7 Å². The smallest absolute Gasteiger partial charge is 0.203 e. The maximum Gasteiger partial charge on any atom is 0.203 e. The van der Waals surface area contributed by atoms with Gasteiger partial charge in [-0.1, -0.05) is 55.5 Å². The van der Waals surface area contributed by atoms with Crippen molar-refractivity contribution in [3.05, 3.63) is 119 Å². The van der Waals surface area contributed by atoms with Crippen molar-refractivity contribution < 1.29 is 4.74 Å². The van der Waals surface area contributed by atoms with Gasteiger partial charge < -0.3 is 4.74 Å². The second-order valence-corrected chi connectivity index (χ2v) is 8.25. The van der Waals surface area contributed by atoms with E-state index in [0.29, 0.717) is 23.9 Å². The summed E-state index contributed by atoms with van der Waals surface area (Å²) in [5, 5.41) is 8.78. The monoisotopic (exact) mass is 464 g/mol. The molecule has 2 aromatic carbocycles. The number of nitrogens with zero attached hydrogens (tertiary/aromatic N) is 6. The maximum absolute atomic E-state index is 12.6. The summed E-state index contributed by atoms with van der Waals surface area (Å²) in [5.41, 5.74) is 4.02. The minimum Gasteiger partial charge on any atom is -0.486 e. The predicted molar refractivity (Wildman–Crippen MR) is 132 cm³/mol. The first-order valence-corrected chi connectivity index (χ1v) is 11.2. The number of aromatic nitrogens is 6. The van der Waals surface area contributed by atoms with Crippen LogP contribution in [0.25, 0.3) is 17.1 Å². The SMILES string of the molecule is CC(c1cccc(-c2ncc(OCc3ccccc3)cn2)c1)c1nn(-c2cnn(C)c2)ccc1=O. The Balaban J connectivity index is 1.36. The number of rotatable bonds is 7. The molecule has 0 aliphatic rings. The molecule has 8 nitrogen and oxygen atoms in total. The molecule has 0 N–H and O–H groups in total. The van der Waals surface area contributed by atoms with Crippen molar-refractivity contribution >= 4 is 0 Å². The Kier molecular flexibility index (Phi) is 6.17. The molecule has 8 heteroatoms. The van der Waals surface area contributed by atoms with Crippen molar-refractivity contribution in [2.75, 3.05) is 0 Å². The van der Waals surface area contributed by atoms with E-state index < -0.39 is 0 Å². The number of hydrogen-bond acceptors (Lipinski definition) is 6. The van der Waals surface area contributed by atoms with E-state index in [1.54, 1.807) is 34.2 Å². The highest BCUT2D eigenvalue weighted by atomic mass is 16.5. The van der Waals surface area contributed by atoms with Gasteiger partial charge >= 0.3 is 0 Å². The fourth-order valence-electron chi connectivity index (χ4n) is 3.78. The molecule has 0 aliphatic heterocycles. The standard InChI is InChI=1S/C27H24N6O2/c1-19(26-25(34)11-12-33(31-26)23-14-30-32(2)17-23)21-9-6-10-22(13-21)27-28-15-24(16-29-27)35-18-20-7-4-3-5-8-20/h3-17,19H,18H2,1-2H3. The van der Waals surface area contributed by atoms with Crippen LogP contribution >= 0.6 is 0 Å². The first-order chi connectivity index (χ1) is 17.1. The van der Waals surface area contributed by atoms with Crippen LogP contribution in [0.4, 0.5) is 0 Å². The van der Waals surface area contributed by atoms with E-state index in [1.165, 1.54) is 6.07 Å². The first kappa shape index (κ1) is 22.2. The van der Waals surface area contributed by atoms with Gasteiger partial charge in [-0.25, -0.2) is 14.6 Å². The summed E-state index contributed by atoms with van der Waals surface area (Å²) in [6, 6.07) is 19.3. The Bertz CT molecular complexity index is 1490. The lowest BCUT2D eigenvalue weighted by molar-refractivity contribution is 0.303. The summed E-state index contributed by atoms with van der Waals surface area (Å²) in [4.78, 5) is 21.6. The molecule has 0 saturated carbocycles. The van der Waals surface area contributed by atoms with Crippen LogP contribution in [0, 0.1) is 0 Å². The molecule has 174 valence electrons. The summed E-state index contributed by atoms with van der Waals surface area (Å²) < 4.78 is 9.15. The molecule has 5 rings (SSSR count). The minimum atomic E-state index is -0.222. The molecule has 35 heavy (non-hydrogen) atoms. The van der Waals surface area contributed by atoms with E-state index in [2.05, 4.69) is 20.2 Å². The molecule has 3 heterocycles. The first-order valence-electron chi connectivity index (χ1n) is 11.2. The summed E-state index contributed by atoms with van der Waals surface area (Å²) >= 11 is 0. The molecule has 0 fully saturated rings. The van der Waals surface area contributed by atoms with Crippen LogP contribution in [0.3, 0.4) is 0 Å². The van der Waals surface area contributed by atoms with Gasteiger partial charge in [0.2, 0.25) is 5.43 Å². The molecule has 0 amide bonds. The molecule has 0 bridgehead atoms. The fourth-order valence-corrected chi connectivity index (χ4v) is 3.78. The van der Waals surface area contributed by atoms with E-state index in [4.69, 9.17) is 4.74 Å². The molecular formula is C27H24N6O2. The zero-order chi connectivity index (χ0) is 24.2. The number of aryl methyl sites for hydroxylation is 1. The van der Waals surface area contributed by atoms with Gasteiger partial charge in [0.05, 0.1) is 24.8 Å². The number of benzene rings is 2. The van der Waals surface area contributed by atoms with E-state index in [-0.39, 0.29) is 11.3 Å². The van der Waals surface area contributed by atoms with E-state index >= 15 is 0 Å². The van der Waals surface area contributed by atoms with Crippen LogP contribution < -0.4 is 10.2 Å². The van der Waals surface area contributed by atoms with E-state index in [1.807, 2.05) is 74.8 Å². The van der Waals surface area contributed by atoms with Crippen LogP contribution in [-0.4, -0.2) is 29.5 Å². The second-order valence-electron chi connectivity index (χ2n) is 8.25. The molecular weight excluding hydrogens is 440 g/mol. The molecule has 5 aromatic rings. The van der Waals surface area contributed by atoms with Crippen LogP contribution in [0.15, 0.2) is 96.4 Å². The largest absolute Gasteiger partial charge is 0.486 e. The molecule has 0 radical (unpaired) electrons. The van der Waals surface area contributed by atoms with Crippen molar-refractivity contribution in [3.63, 3.8) is 0 Å². The Hall–Kier alpha value is -4.59. The van der Waals surface area contributed by atoms with Crippen LogP contribution in [0.5, 0.6) is 5.75 Å². The Morgan fingerprint density at radius 3 is 2.51 bits per heavy atom. The van der Waals surface area contributed by atoms with Crippen molar-refractivity contribution in [1.29, 1.82) is 0 Å². The van der Waals surface area contributed by atoms with E-state index in [0.717, 1.165) is 22.4 Å². The zero-order valence-corrected chi connectivity index (χ0v) is 19.4. The summed E-state index contributed by atoms with van der Waals surface area (Å²) in [6.45, 7) is 2.43. The molecule has 3 aromatic heterocycles. The van der Waals surface area contributed by atoms with Gasteiger partial charge in [-0.15, -0.1) is 0 Å². The quantitative estimate of drug-likeness (QED) is 0.360. The fraction of sp³-hybridized carbons (Fsp3) is 0.148. The average molecular weight is 465 g/mol. The molecule has 0 spiro atoms. The Labute approximate surface area is 202 Å². The third-order valence-corrected chi connectivity index (χ3v) is 5.72. The van der Waals surface area contributed by atoms with Gasteiger partial charge in [-0.3, -0.25) is 9.48 Å². The minimum absolute atomic E-state index is 0.112. The number of hydrogen-bond donors (Lipinski definition) is 0. The molecule has 0 aliphatic carbocycles. The molecule has 0 saturated heterocycles. The summed E-state index contributed by atoms with van der Waals surface area (Å²) in [7, 11) is 1.84. The van der Waals surface area contributed by atoms with Gasteiger partial charge in [0, 0.05) is 30.8 Å². The third kappa shape index (κ3) is 5.01. The lowest BCUT2D eigenvalue weighted by Gasteiger charge is -2.13. The highest BCUT2D eigenvalue weighted by Gasteiger charge is 2.16. The molecule has 1 atom stereocenters. The highest BCUT2D eigenvalue weighted by Crippen LogP contribution is 2.25. The molecule has 1 unspecified atom stereocenters. The van der Waals surface area contributed by atoms with Crippen molar-refractivity contribution in [2.24, 2.45) is 7.05 Å². The van der Waals surface area contributed by atoms with Crippen LogP contribution in [-0.2, 0) is 13.7 Å². The zero-order valence-electron chi connectivity index (χ0n) is 19.4. The van der Waals surface area contributed by atoms with Gasteiger partial charge in [-0.2, -0.15) is 10.2 Å². The van der Waals surface area contributed by atoms with Crippen molar-refractivity contribution in [1.82, 2.24) is 29.5 Å². The predicted octanol–water partition coefficient (Wildman–Crippen LogP) is 4.15. The van der Waals surface area contributed by atoms with Gasteiger partial charge in [0.25, 0.3) is 0 Å². The van der Waals surface area contributed by atoms with Crippen LogP contribution in [0.1, 0.15) is 29.7 Å². The van der Waals surface area contributed by atoms with Crippen LogP contribution in [0.2, 0.25) is 0 Å². The summed E-state index contributed by atoms with van der Waals surface area (Å²) in [6.07, 6.45) is 8.55. The van der Waals surface area contributed by atoms with E-state index in [9.17, 15) is 4.79 Å². The Morgan fingerprint density at radius 1 is 0.971 bits per heavy atom.